The van der Waals surface area contributed by atoms with Crippen molar-refractivity contribution < 1.29 is 23.5 Å². The molecule has 4 rings (SSSR count). The molecule has 3 aromatic carbocycles. The number of aromatic amines is 1. The lowest BCUT2D eigenvalue weighted by molar-refractivity contribution is -0.154. The first-order valence-electron chi connectivity index (χ1n) is 12.6. The van der Waals surface area contributed by atoms with Crippen LogP contribution in [0.15, 0.2) is 80.8 Å². The smallest absolute Gasteiger partial charge is 0.440 e. The molecule has 0 bridgehead atoms. The van der Waals surface area contributed by atoms with Gasteiger partial charge in [0.05, 0.1) is 13.2 Å². The molecule has 0 aliphatic carbocycles. The minimum absolute atomic E-state index is 0.148. The van der Waals surface area contributed by atoms with E-state index in [4.69, 9.17) is 18.7 Å². The Labute approximate surface area is 225 Å². The van der Waals surface area contributed by atoms with E-state index in [1.54, 1.807) is 0 Å². The summed E-state index contributed by atoms with van der Waals surface area (Å²) in [5.74, 6) is 0.368. The molecule has 39 heavy (non-hydrogen) atoms. The molecule has 0 unspecified atom stereocenters. The summed E-state index contributed by atoms with van der Waals surface area (Å²) < 4.78 is 22.9. The summed E-state index contributed by atoms with van der Waals surface area (Å²) >= 11 is 0. The van der Waals surface area contributed by atoms with E-state index >= 15 is 0 Å². The lowest BCUT2D eigenvalue weighted by atomic mass is 9.99. The van der Waals surface area contributed by atoms with Gasteiger partial charge in [-0.2, -0.15) is 0 Å². The number of H-pyrrole nitrogens is 1. The van der Waals surface area contributed by atoms with Gasteiger partial charge < -0.3 is 18.7 Å². The van der Waals surface area contributed by atoms with Crippen LogP contribution < -0.4 is 20.9 Å². The summed E-state index contributed by atoms with van der Waals surface area (Å²) in [6.07, 6.45) is 0.586. The van der Waals surface area contributed by atoms with E-state index in [1.165, 1.54) is 6.92 Å². The van der Waals surface area contributed by atoms with Crippen LogP contribution in [0.1, 0.15) is 43.9 Å². The first kappa shape index (κ1) is 27.5. The summed E-state index contributed by atoms with van der Waals surface area (Å²) in [6.45, 7) is 8.16. The molecule has 0 saturated heterocycles. The zero-order valence-corrected chi connectivity index (χ0v) is 22.5. The van der Waals surface area contributed by atoms with Crippen LogP contribution in [0.5, 0.6) is 11.5 Å². The van der Waals surface area contributed by atoms with Crippen LogP contribution in [0, 0.1) is 6.92 Å². The standard InChI is InChI=1S/C30H32N2O7/c1-20-16-26(36-15-14-30(3,4)38-21(2)33)12-13-27(20)24-7-5-6-23(17-24)19-37-25-10-8-22(9-11-25)18-32-28(34)31-29(35)39-32/h5-13,16-17H,14-15,18-19H2,1-4H3,(H,31,34,35). The predicted molar refractivity (Wildman–Crippen MR) is 146 cm³/mol. The van der Waals surface area contributed by atoms with E-state index < -0.39 is 17.0 Å². The first-order chi connectivity index (χ1) is 18.6. The zero-order chi connectivity index (χ0) is 28.0. The highest BCUT2D eigenvalue weighted by atomic mass is 16.6. The van der Waals surface area contributed by atoms with Gasteiger partial charge in [-0.25, -0.2) is 14.6 Å². The third-order valence-electron chi connectivity index (χ3n) is 6.11. The van der Waals surface area contributed by atoms with E-state index in [9.17, 15) is 14.4 Å². The summed E-state index contributed by atoms with van der Waals surface area (Å²) in [7, 11) is 0. The molecule has 0 radical (unpaired) electrons. The van der Waals surface area contributed by atoms with Gasteiger partial charge in [-0.1, -0.05) is 36.4 Å². The molecule has 0 fully saturated rings. The first-order valence-corrected chi connectivity index (χ1v) is 12.6. The molecular weight excluding hydrogens is 500 g/mol. The normalized spacial score (nSPS) is 11.3. The molecular formula is C30H32N2O7. The molecule has 9 nitrogen and oxygen atoms in total. The van der Waals surface area contributed by atoms with Crippen LogP contribution in [-0.4, -0.2) is 27.9 Å². The molecule has 1 aromatic heterocycles. The Morgan fingerprint density at radius 2 is 1.69 bits per heavy atom. The Morgan fingerprint density at radius 1 is 0.949 bits per heavy atom. The number of esters is 1. The van der Waals surface area contributed by atoms with Crippen LogP contribution in [0.25, 0.3) is 11.1 Å². The minimum atomic E-state index is -0.779. The molecule has 1 heterocycles. The number of nitrogens with zero attached hydrogens (tertiary/aromatic N) is 1. The lowest BCUT2D eigenvalue weighted by Gasteiger charge is -2.24. The van der Waals surface area contributed by atoms with Crippen molar-refractivity contribution in [1.82, 2.24) is 9.72 Å². The lowest BCUT2D eigenvalue weighted by Crippen LogP contribution is -2.29. The Bertz CT molecular complexity index is 1540. The maximum atomic E-state index is 11.6. The maximum absolute atomic E-state index is 11.6. The van der Waals surface area contributed by atoms with Crippen LogP contribution in [0.3, 0.4) is 0 Å². The van der Waals surface area contributed by atoms with Crippen molar-refractivity contribution in [1.29, 1.82) is 0 Å². The highest BCUT2D eigenvalue weighted by Crippen LogP contribution is 2.28. The highest BCUT2D eigenvalue weighted by Gasteiger charge is 2.21. The van der Waals surface area contributed by atoms with Gasteiger partial charge in [-0.15, -0.1) is 4.74 Å². The number of aryl methyl sites for hydroxylation is 1. The van der Waals surface area contributed by atoms with Crippen LogP contribution in [0.2, 0.25) is 0 Å². The molecule has 0 aliphatic heterocycles. The SMILES string of the molecule is CC(=O)OC(C)(C)CCOc1ccc(-c2cccc(COc3ccc(Cn4oc(=O)[nH]c4=O)cc3)c2)c(C)c1. The number of carbonyl (C=O) groups excluding carboxylic acids is 1. The topological polar surface area (TPSA) is 113 Å². The van der Waals surface area contributed by atoms with Crippen molar-refractivity contribution >= 4 is 5.97 Å². The van der Waals surface area contributed by atoms with Crippen molar-refractivity contribution in [2.75, 3.05) is 6.61 Å². The highest BCUT2D eigenvalue weighted by molar-refractivity contribution is 5.69. The van der Waals surface area contributed by atoms with Gasteiger partial charge in [0.25, 0.3) is 0 Å². The Morgan fingerprint density at radius 3 is 2.36 bits per heavy atom. The van der Waals surface area contributed by atoms with Gasteiger partial charge in [-0.05, 0) is 78.9 Å². The van der Waals surface area contributed by atoms with Gasteiger partial charge in [-0.3, -0.25) is 4.79 Å². The number of hydrogen-bond acceptors (Lipinski definition) is 7. The number of nitrogens with one attached hydrogen (secondary N) is 1. The summed E-state index contributed by atoms with van der Waals surface area (Å²) in [5, 5.41) is 0. The average molecular weight is 533 g/mol. The maximum Gasteiger partial charge on any atom is 0.440 e. The molecule has 4 aromatic rings. The second-order valence-electron chi connectivity index (χ2n) is 9.91. The quantitative estimate of drug-likeness (QED) is 0.275. The molecule has 1 N–H and O–H groups in total. The largest absolute Gasteiger partial charge is 0.493 e. The number of aromatic nitrogens is 2. The predicted octanol–water partition coefficient (Wildman–Crippen LogP) is 4.84. The van der Waals surface area contributed by atoms with Crippen molar-refractivity contribution in [2.24, 2.45) is 0 Å². The molecule has 9 heteroatoms. The third-order valence-corrected chi connectivity index (χ3v) is 6.11. The minimum Gasteiger partial charge on any atom is -0.493 e. The van der Waals surface area contributed by atoms with Gasteiger partial charge in [0, 0.05) is 13.3 Å². The van der Waals surface area contributed by atoms with Crippen molar-refractivity contribution in [3.63, 3.8) is 0 Å². The van der Waals surface area contributed by atoms with E-state index in [0.29, 0.717) is 25.4 Å². The molecule has 0 aliphatic rings. The molecule has 0 amide bonds. The summed E-state index contributed by atoms with van der Waals surface area (Å²) in [6, 6.07) is 21.4. The fraction of sp³-hybridized carbons (Fsp3) is 0.300. The van der Waals surface area contributed by atoms with E-state index in [0.717, 1.165) is 38.3 Å². The van der Waals surface area contributed by atoms with Crippen LogP contribution in [-0.2, 0) is 22.7 Å². The van der Waals surface area contributed by atoms with Gasteiger partial charge >= 0.3 is 17.4 Å². The fourth-order valence-corrected chi connectivity index (χ4v) is 4.17. The number of hydrogen-bond donors (Lipinski definition) is 1. The number of benzene rings is 3. The Kier molecular flexibility index (Phi) is 8.39. The second-order valence-corrected chi connectivity index (χ2v) is 9.91. The third kappa shape index (κ3) is 7.73. The average Bonchev–Trinajstić information content (AvgIpc) is 3.19. The van der Waals surface area contributed by atoms with Gasteiger partial charge in [0.15, 0.2) is 0 Å². The fourth-order valence-electron chi connectivity index (χ4n) is 4.17. The number of rotatable bonds is 11. The zero-order valence-electron chi connectivity index (χ0n) is 22.5. The van der Waals surface area contributed by atoms with E-state index in [-0.39, 0.29) is 12.5 Å². The number of ether oxygens (including phenoxy) is 3. The second kappa shape index (κ2) is 11.9. The monoisotopic (exact) mass is 532 g/mol. The summed E-state index contributed by atoms with van der Waals surface area (Å²) in [4.78, 5) is 36.0. The Balaban J connectivity index is 1.34. The molecule has 0 atom stereocenters. The van der Waals surface area contributed by atoms with Crippen LogP contribution >= 0.6 is 0 Å². The van der Waals surface area contributed by atoms with Crippen LogP contribution in [0.4, 0.5) is 0 Å². The van der Waals surface area contributed by atoms with E-state index in [2.05, 4.69) is 17.1 Å². The Hall–Kier alpha value is -4.53. The van der Waals surface area contributed by atoms with Crippen molar-refractivity contribution in [3.05, 3.63) is 104 Å². The van der Waals surface area contributed by atoms with Crippen molar-refractivity contribution in [3.8, 4) is 22.6 Å². The number of carbonyl (C=O) groups is 1. The molecule has 0 spiro atoms. The van der Waals surface area contributed by atoms with E-state index in [1.807, 2.05) is 75.4 Å². The summed E-state index contributed by atoms with van der Waals surface area (Å²) in [5.41, 5.74) is 3.91. The molecule has 0 saturated carbocycles. The van der Waals surface area contributed by atoms with Gasteiger partial charge in [0.1, 0.15) is 23.7 Å². The van der Waals surface area contributed by atoms with Crippen molar-refractivity contribution in [2.45, 2.75) is 52.9 Å². The molecule has 204 valence electrons. The van der Waals surface area contributed by atoms with Gasteiger partial charge in [0.2, 0.25) is 0 Å².